The molecule has 0 saturated heterocycles. The predicted octanol–water partition coefficient (Wildman–Crippen LogP) is 1.11. The molecule has 1 aromatic heterocycles. The van der Waals surface area contributed by atoms with Gasteiger partial charge in [0.25, 0.3) is 0 Å². The van der Waals surface area contributed by atoms with Gasteiger partial charge in [-0.15, -0.1) is 11.8 Å². The number of nitriles is 1. The van der Waals surface area contributed by atoms with Gasteiger partial charge in [0.1, 0.15) is 11.8 Å². The molecule has 0 unspecified atom stereocenters. The fraction of sp³-hybridized carbons (Fsp3) is 0.455. The average molecular weight is 283 g/mol. The first-order valence-electron chi connectivity index (χ1n) is 5.41. The molecule has 0 fully saturated rings. The summed E-state index contributed by atoms with van der Waals surface area (Å²) in [6.45, 7) is 3.19. The monoisotopic (exact) mass is 283 g/mol. The number of carbonyl (C=O) groups is 2. The zero-order chi connectivity index (χ0) is 14.3. The molecule has 0 aliphatic carbocycles. The van der Waals surface area contributed by atoms with Crippen LogP contribution in [0.25, 0.3) is 0 Å². The van der Waals surface area contributed by atoms with Crippen LogP contribution in [0.5, 0.6) is 0 Å². The van der Waals surface area contributed by atoms with Crippen LogP contribution < -0.4 is 5.32 Å². The summed E-state index contributed by atoms with van der Waals surface area (Å²) in [5.41, 5.74) is 0. The molecule has 102 valence electrons. The van der Waals surface area contributed by atoms with Crippen molar-refractivity contribution in [3.8, 4) is 6.07 Å². The van der Waals surface area contributed by atoms with Crippen LogP contribution in [0.1, 0.15) is 12.7 Å². The summed E-state index contributed by atoms with van der Waals surface area (Å²) in [6, 6.07) is 3.37. The minimum absolute atomic E-state index is 0.0112. The van der Waals surface area contributed by atoms with E-state index in [1.165, 1.54) is 6.92 Å². The first-order chi connectivity index (χ1) is 9.01. The number of aromatic nitrogens is 1. The third-order valence-corrected chi connectivity index (χ3v) is 2.74. The molecule has 1 rings (SSSR count). The fourth-order valence-corrected chi connectivity index (χ4v) is 1.68. The lowest BCUT2D eigenvalue weighted by atomic mass is 10.5. The normalized spacial score (nSPS) is 11.4. The topological polar surface area (TPSA) is 105 Å². The summed E-state index contributed by atoms with van der Waals surface area (Å²) in [4.78, 5) is 22.7. The molecule has 19 heavy (non-hydrogen) atoms. The van der Waals surface area contributed by atoms with Gasteiger partial charge in [-0.1, -0.05) is 5.16 Å². The number of ether oxygens (including phenoxy) is 1. The summed E-state index contributed by atoms with van der Waals surface area (Å²) in [7, 11) is 0. The molecule has 1 N–H and O–H groups in total. The van der Waals surface area contributed by atoms with Crippen molar-refractivity contribution >= 4 is 29.5 Å². The molecule has 0 spiro atoms. The Hall–Kier alpha value is -2.01. The number of nitrogens with zero attached hydrogens (tertiary/aromatic N) is 2. The maximum atomic E-state index is 11.5. The van der Waals surface area contributed by atoms with Crippen LogP contribution in [0.3, 0.4) is 0 Å². The maximum absolute atomic E-state index is 11.5. The van der Waals surface area contributed by atoms with Crippen molar-refractivity contribution < 1.29 is 18.8 Å². The maximum Gasteiger partial charge on any atom is 0.317 e. The van der Waals surface area contributed by atoms with Gasteiger partial charge in [-0.05, 0) is 13.8 Å². The van der Waals surface area contributed by atoms with E-state index in [1.807, 2.05) is 0 Å². The molecule has 0 saturated carbocycles. The SMILES string of the molecule is Cc1cc(NC(=O)CSCC(=O)O[C@@H](C)C#N)no1. The van der Waals surface area contributed by atoms with Gasteiger partial charge >= 0.3 is 5.97 Å². The largest absolute Gasteiger partial charge is 0.447 e. The first kappa shape index (κ1) is 15.0. The molecule has 1 amide bonds. The Bertz CT molecular complexity index is 494. The number of thioether (sulfide) groups is 1. The molecule has 0 aliphatic rings. The third-order valence-electron chi connectivity index (χ3n) is 1.84. The molecular weight excluding hydrogens is 270 g/mol. The molecule has 1 aromatic rings. The third kappa shape index (κ3) is 5.92. The highest BCUT2D eigenvalue weighted by Crippen LogP contribution is 2.08. The number of amides is 1. The van der Waals surface area contributed by atoms with E-state index in [0.717, 1.165) is 11.8 Å². The second-order valence-electron chi connectivity index (χ2n) is 3.62. The Morgan fingerprint density at radius 1 is 1.63 bits per heavy atom. The summed E-state index contributed by atoms with van der Waals surface area (Å²) >= 11 is 1.09. The molecule has 8 heteroatoms. The van der Waals surface area contributed by atoms with Gasteiger partial charge in [0, 0.05) is 6.07 Å². The van der Waals surface area contributed by atoms with Crippen molar-refractivity contribution in [1.82, 2.24) is 5.16 Å². The number of rotatable bonds is 6. The lowest BCUT2D eigenvalue weighted by Crippen LogP contribution is -2.18. The Kier molecular flexibility index (Phi) is 5.89. The van der Waals surface area contributed by atoms with Crippen LogP contribution in [0.15, 0.2) is 10.6 Å². The first-order valence-corrected chi connectivity index (χ1v) is 6.56. The molecule has 0 aliphatic heterocycles. The number of hydrogen-bond donors (Lipinski definition) is 1. The Morgan fingerprint density at radius 3 is 2.95 bits per heavy atom. The highest BCUT2D eigenvalue weighted by molar-refractivity contribution is 8.00. The molecule has 1 atom stereocenters. The van der Waals surface area contributed by atoms with E-state index >= 15 is 0 Å². The second-order valence-corrected chi connectivity index (χ2v) is 4.61. The number of hydrogen-bond acceptors (Lipinski definition) is 7. The van der Waals surface area contributed by atoms with Crippen molar-refractivity contribution in [2.24, 2.45) is 0 Å². The van der Waals surface area contributed by atoms with Crippen molar-refractivity contribution in [1.29, 1.82) is 5.26 Å². The van der Waals surface area contributed by atoms with E-state index in [-0.39, 0.29) is 17.4 Å². The van der Waals surface area contributed by atoms with Crippen molar-refractivity contribution in [3.63, 3.8) is 0 Å². The lowest BCUT2D eigenvalue weighted by molar-refractivity contribution is -0.142. The smallest absolute Gasteiger partial charge is 0.317 e. The van der Waals surface area contributed by atoms with Crippen LogP contribution in [0, 0.1) is 18.3 Å². The van der Waals surface area contributed by atoms with Crippen molar-refractivity contribution in [2.75, 3.05) is 16.8 Å². The number of anilines is 1. The van der Waals surface area contributed by atoms with Gasteiger partial charge in [-0.2, -0.15) is 5.26 Å². The quantitative estimate of drug-likeness (QED) is 0.779. The molecular formula is C11H13N3O4S. The zero-order valence-electron chi connectivity index (χ0n) is 10.5. The number of nitrogens with one attached hydrogen (secondary N) is 1. The predicted molar refractivity (Wildman–Crippen MR) is 68.4 cm³/mol. The molecule has 0 aromatic carbocycles. The molecule has 1 heterocycles. The lowest BCUT2D eigenvalue weighted by Gasteiger charge is -2.05. The number of esters is 1. The molecule has 0 radical (unpaired) electrons. The molecule has 0 bridgehead atoms. The van der Waals surface area contributed by atoms with E-state index in [1.54, 1.807) is 19.1 Å². The highest BCUT2D eigenvalue weighted by Gasteiger charge is 2.11. The summed E-state index contributed by atoms with van der Waals surface area (Å²) in [5, 5.41) is 14.6. The van der Waals surface area contributed by atoms with Crippen molar-refractivity contribution in [3.05, 3.63) is 11.8 Å². The van der Waals surface area contributed by atoms with E-state index in [2.05, 4.69) is 10.5 Å². The second kappa shape index (κ2) is 7.43. The van der Waals surface area contributed by atoms with E-state index in [4.69, 9.17) is 14.5 Å². The van der Waals surface area contributed by atoms with Crippen LogP contribution in [-0.4, -0.2) is 34.6 Å². The number of aryl methyl sites for hydroxylation is 1. The zero-order valence-corrected chi connectivity index (χ0v) is 11.3. The Morgan fingerprint density at radius 2 is 2.37 bits per heavy atom. The van der Waals surface area contributed by atoms with E-state index < -0.39 is 12.1 Å². The fourth-order valence-electron chi connectivity index (χ4n) is 1.09. The standard InChI is InChI=1S/C11H13N3O4S/c1-7-3-9(14-18-7)13-10(15)5-19-6-11(16)17-8(2)4-12/h3,8H,5-6H2,1-2H3,(H,13,14,15)/t8-/m0/s1. The van der Waals surface area contributed by atoms with E-state index in [9.17, 15) is 9.59 Å². The Balaban J connectivity index is 2.21. The van der Waals surface area contributed by atoms with Crippen LogP contribution >= 0.6 is 11.8 Å². The van der Waals surface area contributed by atoms with Crippen LogP contribution in [0.4, 0.5) is 5.82 Å². The highest BCUT2D eigenvalue weighted by atomic mass is 32.2. The van der Waals surface area contributed by atoms with Gasteiger partial charge in [-0.3, -0.25) is 9.59 Å². The molecule has 7 nitrogen and oxygen atoms in total. The summed E-state index contributed by atoms with van der Waals surface area (Å²) < 4.78 is 9.51. The van der Waals surface area contributed by atoms with Crippen LogP contribution in [-0.2, 0) is 14.3 Å². The van der Waals surface area contributed by atoms with E-state index in [0.29, 0.717) is 11.6 Å². The summed E-state index contributed by atoms with van der Waals surface area (Å²) in [5.74, 6) is 0.212. The average Bonchev–Trinajstić information content (AvgIpc) is 2.74. The van der Waals surface area contributed by atoms with Crippen LogP contribution in [0.2, 0.25) is 0 Å². The minimum Gasteiger partial charge on any atom is -0.447 e. The minimum atomic E-state index is -0.778. The van der Waals surface area contributed by atoms with Gasteiger partial charge in [0.05, 0.1) is 11.5 Å². The van der Waals surface area contributed by atoms with Gasteiger partial charge < -0.3 is 14.6 Å². The number of carbonyl (C=O) groups excluding carboxylic acids is 2. The van der Waals surface area contributed by atoms with Crippen molar-refractivity contribution in [2.45, 2.75) is 20.0 Å². The van der Waals surface area contributed by atoms with Gasteiger partial charge in [0.2, 0.25) is 5.91 Å². The Labute approximate surface area is 114 Å². The van der Waals surface area contributed by atoms with Gasteiger partial charge in [-0.25, -0.2) is 0 Å². The summed E-state index contributed by atoms with van der Waals surface area (Å²) in [6.07, 6.45) is -0.778. The van der Waals surface area contributed by atoms with Gasteiger partial charge in [0.15, 0.2) is 11.9 Å².